The fourth-order valence-electron chi connectivity index (χ4n) is 2.64. The Kier molecular flexibility index (Phi) is 6.93. The van der Waals surface area contributed by atoms with Crippen LogP contribution in [0.2, 0.25) is 0 Å². The lowest BCUT2D eigenvalue weighted by molar-refractivity contribution is -0.0496. The molecular formula is C15H23F3N4O3S. The third kappa shape index (κ3) is 5.37. The lowest BCUT2D eigenvalue weighted by atomic mass is 9.98. The van der Waals surface area contributed by atoms with Crippen LogP contribution in [-0.4, -0.2) is 50.4 Å². The number of alkyl halides is 3. The molecule has 1 aromatic rings. The average molecular weight is 396 g/mol. The van der Waals surface area contributed by atoms with Crippen LogP contribution < -0.4 is 10.6 Å². The molecular weight excluding hydrogens is 373 g/mol. The number of nitrogens with zero attached hydrogens (tertiary/aromatic N) is 2. The van der Waals surface area contributed by atoms with Gasteiger partial charge in [-0.1, -0.05) is 0 Å². The highest BCUT2D eigenvalue weighted by Crippen LogP contribution is 2.30. The highest BCUT2D eigenvalue weighted by atomic mass is 32.2. The van der Waals surface area contributed by atoms with E-state index in [1.54, 1.807) is 12.3 Å². The molecule has 1 fully saturated rings. The predicted octanol–water partition coefficient (Wildman–Crippen LogP) is 1.90. The van der Waals surface area contributed by atoms with Gasteiger partial charge >= 0.3 is 15.5 Å². The number of rotatable bonds is 6. The predicted molar refractivity (Wildman–Crippen MR) is 90.8 cm³/mol. The van der Waals surface area contributed by atoms with Crippen LogP contribution in [0.25, 0.3) is 0 Å². The van der Waals surface area contributed by atoms with Gasteiger partial charge in [0.2, 0.25) is 0 Å². The van der Waals surface area contributed by atoms with Crippen molar-refractivity contribution < 1.29 is 26.0 Å². The molecule has 0 spiro atoms. The minimum Gasteiger partial charge on any atom is -0.467 e. The van der Waals surface area contributed by atoms with E-state index in [9.17, 15) is 21.6 Å². The topological polar surface area (TPSA) is 86.9 Å². The van der Waals surface area contributed by atoms with Crippen molar-refractivity contribution in [2.45, 2.75) is 31.8 Å². The van der Waals surface area contributed by atoms with Gasteiger partial charge in [0.05, 0.1) is 6.26 Å². The number of halogens is 3. The average Bonchev–Trinajstić information content (AvgIpc) is 3.10. The zero-order valence-electron chi connectivity index (χ0n) is 14.4. The van der Waals surface area contributed by atoms with Gasteiger partial charge in [-0.15, -0.1) is 0 Å². The molecule has 1 saturated heterocycles. The number of aliphatic imine (C=N–C) groups is 1. The molecule has 11 heteroatoms. The summed E-state index contributed by atoms with van der Waals surface area (Å²) >= 11 is 0. The van der Waals surface area contributed by atoms with Crippen LogP contribution >= 0.6 is 0 Å². The molecule has 1 aromatic heterocycles. The third-order valence-corrected chi connectivity index (χ3v) is 5.71. The zero-order valence-corrected chi connectivity index (χ0v) is 15.2. The molecule has 0 saturated carbocycles. The van der Waals surface area contributed by atoms with Gasteiger partial charge in [-0.05, 0) is 37.8 Å². The second kappa shape index (κ2) is 8.76. The second-order valence-electron chi connectivity index (χ2n) is 5.95. The summed E-state index contributed by atoms with van der Waals surface area (Å²) in [5, 5.41) is 6.22. The van der Waals surface area contributed by atoms with Crippen molar-refractivity contribution in [3.05, 3.63) is 24.2 Å². The Morgan fingerprint density at radius 3 is 2.58 bits per heavy atom. The quantitative estimate of drug-likeness (QED) is 0.567. The van der Waals surface area contributed by atoms with E-state index in [-0.39, 0.29) is 19.0 Å². The third-order valence-electron chi connectivity index (χ3n) is 4.08. The highest BCUT2D eigenvalue weighted by molar-refractivity contribution is 7.90. The molecule has 2 heterocycles. The van der Waals surface area contributed by atoms with Crippen molar-refractivity contribution >= 4 is 16.0 Å². The zero-order chi connectivity index (χ0) is 19.2. The van der Waals surface area contributed by atoms with Crippen molar-refractivity contribution in [3.8, 4) is 0 Å². The molecule has 0 atom stereocenters. The van der Waals surface area contributed by atoms with Crippen LogP contribution in [0.3, 0.4) is 0 Å². The van der Waals surface area contributed by atoms with Gasteiger partial charge in [-0.2, -0.15) is 17.5 Å². The first-order chi connectivity index (χ1) is 12.2. The summed E-state index contributed by atoms with van der Waals surface area (Å²) in [6, 6.07) is 3.58. The lowest BCUT2D eigenvalue weighted by Crippen LogP contribution is -2.47. The molecule has 1 aliphatic heterocycles. The first-order valence-electron chi connectivity index (χ1n) is 8.35. The number of guanidine groups is 1. The summed E-state index contributed by atoms with van der Waals surface area (Å²) in [4.78, 5) is 4.37. The molecule has 0 aliphatic carbocycles. The Hall–Kier alpha value is -1.75. The minimum absolute atomic E-state index is 0.0714. The summed E-state index contributed by atoms with van der Waals surface area (Å²) in [6.07, 6.45) is 2.29. The Bertz CT molecular complexity index is 681. The fraction of sp³-hybridized carbons (Fsp3) is 0.667. The van der Waals surface area contributed by atoms with Crippen molar-refractivity contribution in [3.63, 3.8) is 0 Å². The van der Waals surface area contributed by atoms with E-state index < -0.39 is 15.5 Å². The van der Waals surface area contributed by atoms with Gasteiger partial charge < -0.3 is 15.1 Å². The maximum atomic E-state index is 12.6. The van der Waals surface area contributed by atoms with E-state index in [2.05, 4.69) is 15.6 Å². The highest BCUT2D eigenvalue weighted by Gasteiger charge is 2.50. The number of sulfonamides is 1. The van der Waals surface area contributed by atoms with Crippen LogP contribution in [0.5, 0.6) is 0 Å². The Morgan fingerprint density at radius 1 is 1.35 bits per heavy atom. The van der Waals surface area contributed by atoms with Crippen LogP contribution in [-0.2, 0) is 16.6 Å². The first-order valence-corrected chi connectivity index (χ1v) is 9.79. The molecule has 0 radical (unpaired) electrons. The summed E-state index contributed by atoms with van der Waals surface area (Å²) in [7, 11) is -5.23. The minimum atomic E-state index is -5.24. The van der Waals surface area contributed by atoms with Gasteiger partial charge in [0, 0.05) is 26.2 Å². The van der Waals surface area contributed by atoms with Crippen molar-refractivity contribution in [1.29, 1.82) is 0 Å². The Labute approximate surface area is 150 Å². The van der Waals surface area contributed by atoms with Crippen LogP contribution in [0, 0.1) is 5.92 Å². The van der Waals surface area contributed by atoms with Gasteiger partial charge in [0.15, 0.2) is 5.96 Å². The van der Waals surface area contributed by atoms with Crippen LogP contribution in [0.4, 0.5) is 13.2 Å². The molecule has 148 valence electrons. The summed E-state index contributed by atoms with van der Waals surface area (Å²) < 4.78 is 66.3. The lowest BCUT2D eigenvalue weighted by Gasteiger charge is -2.31. The van der Waals surface area contributed by atoms with Gasteiger partial charge in [-0.25, -0.2) is 13.4 Å². The number of piperidine rings is 1. The smallest absolute Gasteiger partial charge is 0.467 e. The number of hydrogen-bond acceptors (Lipinski definition) is 4. The molecule has 0 bridgehead atoms. The van der Waals surface area contributed by atoms with Crippen LogP contribution in [0.15, 0.2) is 27.8 Å². The van der Waals surface area contributed by atoms with E-state index in [1.165, 1.54) is 0 Å². The summed E-state index contributed by atoms with van der Waals surface area (Å²) in [5.41, 5.74) is -5.24. The molecule has 2 N–H and O–H groups in total. The largest absolute Gasteiger partial charge is 0.511 e. The van der Waals surface area contributed by atoms with E-state index >= 15 is 0 Å². The molecule has 0 aromatic carbocycles. The van der Waals surface area contributed by atoms with E-state index in [0.29, 0.717) is 48.5 Å². The second-order valence-corrected chi connectivity index (χ2v) is 7.88. The van der Waals surface area contributed by atoms with E-state index in [4.69, 9.17) is 4.42 Å². The number of furan rings is 1. The van der Waals surface area contributed by atoms with Crippen molar-refractivity contribution in [2.24, 2.45) is 10.9 Å². The van der Waals surface area contributed by atoms with Gasteiger partial charge in [-0.3, -0.25) is 0 Å². The monoisotopic (exact) mass is 396 g/mol. The van der Waals surface area contributed by atoms with E-state index in [1.807, 2.05) is 13.0 Å². The molecule has 0 amide bonds. The molecule has 7 nitrogen and oxygen atoms in total. The van der Waals surface area contributed by atoms with Gasteiger partial charge in [0.1, 0.15) is 12.3 Å². The standard InChI is InChI=1S/C15H23F3N4O3S/c1-2-19-14(21-11-13-4-3-9-25-13)20-10-12-5-7-22(8-6-12)26(23,24)15(16,17)18/h3-4,9,12H,2,5-8,10-11H2,1H3,(H2,19,20,21). The Balaban J connectivity index is 1.83. The Morgan fingerprint density at radius 2 is 2.04 bits per heavy atom. The maximum absolute atomic E-state index is 12.6. The van der Waals surface area contributed by atoms with E-state index in [0.717, 1.165) is 0 Å². The summed E-state index contributed by atoms with van der Waals surface area (Å²) in [5.74, 6) is 1.37. The van der Waals surface area contributed by atoms with Crippen LogP contribution in [0.1, 0.15) is 25.5 Å². The normalized spacial score (nSPS) is 18.1. The number of nitrogens with one attached hydrogen (secondary N) is 2. The SMILES string of the molecule is CCNC(=NCc1ccco1)NCC1CCN(S(=O)(=O)C(F)(F)F)CC1. The van der Waals surface area contributed by atoms with Gasteiger partial charge in [0.25, 0.3) is 0 Å². The fourth-order valence-corrected chi connectivity index (χ4v) is 3.63. The first kappa shape index (κ1) is 20.6. The molecule has 26 heavy (non-hydrogen) atoms. The van der Waals surface area contributed by atoms with Crippen molar-refractivity contribution in [1.82, 2.24) is 14.9 Å². The maximum Gasteiger partial charge on any atom is 0.511 e. The molecule has 2 rings (SSSR count). The molecule has 1 aliphatic rings. The number of hydrogen-bond donors (Lipinski definition) is 2. The van der Waals surface area contributed by atoms with Crippen molar-refractivity contribution in [2.75, 3.05) is 26.2 Å². The summed E-state index contributed by atoms with van der Waals surface area (Å²) in [6.45, 7) is 3.19. The molecule has 0 unspecified atom stereocenters.